The molecule has 112 valence electrons. The highest BCUT2D eigenvalue weighted by atomic mass is 28.3. The summed E-state index contributed by atoms with van der Waals surface area (Å²) < 4.78 is 4.71. The zero-order valence-electron chi connectivity index (χ0n) is 13.4. The maximum atomic E-state index is 11.5. The van der Waals surface area contributed by atoms with Crippen LogP contribution in [0.15, 0.2) is 48.5 Å². The van der Waals surface area contributed by atoms with Gasteiger partial charge in [0.05, 0.1) is 12.7 Å². The van der Waals surface area contributed by atoms with Gasteiger partial charge in [0.25, 0.3) is 0 Å². The SMILES string of the molecule is COC(=O)c1ccc(-c2cccc(C#C[Si](C)(C)C)c2)cc1. The summed E-state index contributed by atoms with van der Waals surface area (Å²) in [4.78, 5) is 11.5. The van der Waals surface area contributed by atoms with E-state index < -0.39 is 8.07 Å². The van der Waals surface area contributed by atoms with E-state index >= 15 is 0 Å². The first-order valence-electron chi connectivity index (χ1n) is 7.21. The summed E-state index contributed by atoms with van der Waals surface area (Å²) in [6.07, 6.45) is 0. The van der Waals surface area contributed by atoms with Crippen molar-refractivity contribution in [1.82, 2.24) is 0 Å². The molecule has 2 aromatic rings. The van der Waals surface area contributed by atoms with Gasteiger partial charge in [-0.2, -0.15) is 0 Å². The van der Waals surface area contributed by atoms with Crippen LogP contribution in [0.1, 0.15) is 15.9 Å². The lowest BCUT2D eigenvalue weighted by molar-refractivity contribution is 0.0601. The average molecular weight is 308 g/mol. The molecule has 0 amide bonds. The molecule has 0 saturated carbocycles. The van der Waals surface area contributed by atoms with E-state index in [1.54, 1.807) is 12.1 Å². The number of hydrogen-bond donors (Lipinski definition) is 0. The van der Waals surface area contributed by atoms with Crippen LogP contribution in [0.2, 0.25) is 19.6 Å². The van der Waals surface area contributed by atoms with Gasteiger partial charge in [-0.3, -0.25) is 0 Å². The van der Waals surface area contributed by atoms with Crippen LogP contribution < -0.4 is 0 Å². The van der Waals surface area contributed by atoms with Gasteiger partial charge in [-0.1, -0.05) is 49.8 Å². The number of carbonyl (C=O) groups is 1. The van der Waals surface area contributed by atoms with Crippen molar-refractivity contribution in [3.8, 4) is 22.6 Å². The number of rotatable bonds is 2. The summed E-state index contributed by atoms with van der Waals surface area (Å²) in [5.41, 5.74) is 7.11. The van der Waals surface area contributed by atoms with Gasteiger partial charge >= 0.3 is 5.97 Å². The van der Waals surface area contributed by atoms with Gasteiger partial charge in [0.2, 0.25) is 0 Å². The van der Waals surface area contributed by atoms with Crippen LogP contribution in [0, 0.1) is 11.5 Å². The molecule has 0 aliphatic rings. The van der Waals surface area contributed by atoms with E-state index in [4.69, 9.17) is 4.74 Å². The molecular weight excluding hydrogens is 288 g/mol. The fraction of sp³-hybridized carbons (Fsp3) is 0.211. The molecule has 0 fully saturated rings. The zero-order valence-corrected chi connectivity index (χ0v) is 14.4. The number of carbonyl (C=O) groups excluding carboxylic acids is 1. The normalized spacial score (nSPS) is 10.5. The number of ether oxygens (including phenoxy) is 1. The molecule has 0 radical (unpaired) electrons. The number of esters is 1. The molecule has 0 saturated heterocycles. The molecule has 0 bridgehead atoms. The third kappa shape index (κ3) is 4.34. The Kier molecular flexibility index (Phi) is 4.84. The Balaban J connectivity index is 2.29. The maximum Gasteiger partial charge on any atom is 0.337 e. The number of hydrogen-bond acceptors (Lipinski definition) is 2. The van der Waals surface area contributed by atoms with E-state index in [2.05, 4.69) is 37.2 Å². The fourth-order valence-electron chi connectivity index (χ4n) is 1.95. The van der Waals surface area contributed by atoms with Crippen LogP contribution in [-0.4, -0.2) is 21.2 Å². The first-order valence-corrected chi connectivity index (χ1v) is 10.7. The summed E-state index contributed by atoms with van der Waals surface area (Å²) in [5, 5.41) is 0. The minimum Gasteiger partial charge on any atom is -0.465 e. The lowest BCUT2D eigenvalue weighted by atomic mass is 10.0. The van der Waals surface area contributed by atoms with E-state index in [9.17, 15) is 4.79 Å². The molecule has 22 heavy (non-hydrogen) atoms. The Morgan fingerprint density at radius 3 is 2.27 bits per heavy atom. The van der Waals surface area contributed by atoms with Crippen molar-refractivity contribution >= 4 is 14.0 Å². The highest BCUT2D eigenvalue weighted by molar-refractivity contribution is 6.83. The first-order chi connectivity index (χ1) is 10.4. The molecule has 0 aliphatic carbocycles. The molecule has 2 nitrogen and oxygen atoms in total. The lowest BCUT2D eigenvalue weighted by Gasteiger charge is -2.05. The third-order valence-electron chi connectivity index (χ3n) is 3.08. The van der Waals surface area contributed by atoms with Crippen LogP contribution in [-0.2, 0) is 4.74 Å². The lowest BCUT2D eigenvalue weighted by Crippen LogP contribution is -2.16. The van der Waals surface area contributed by atoms with Gasteiger partial charge in [0.1, 0.15) is 8.07 Å². The Morgan fingerprint density at radius 1 is 1.00 bits per heavy atom. The molecule has 0 spiro atoms. The quantitative estimate of drug-likeness (QED) is 0.468. The van der Waals surface area contributed by atoms with Crippen LogP contribution in [0.4, 0.5) is 0 Å². The van der Waals surface area contributed by atoms with Crippen LogP contribution in [0.5, 0.6) is 0 Å². The van der Waals surface area contributed by atoms with Crippen molar-refractivity contribution in [2.24, 2.45) is 0 Å². The Labute approximate surface area is 133 Å². The molecule has 0 unspecified atom stereocenters. The fourth-order valence-corrected chi connectivity index (χ4v) is 2.47. The van der Waals surface area contributed by atoms with E-state index in [1.807, 2.05) is 30.3 Å². The minimum absolute atomic E-state index is 0.318. The molecule has 0 aromatic heterocycles. The van der Waals surface area contributed by atoms with Gasteiger partial charge in [-0.15, -0.1) is 5.54 Å². The predicted octanol–water partition coefficient (Wildman–Crippen LogP) is 4.37. The van der Waals surface area contributed by atoms with Crippen LogP contribution >= 0.6 is 0 Å². The predicted molar refractivity (Wildman–Crippen MR) is 93.4 cm³/mol. The minimum atomic E-state index is -1.37. The Morgan fingerprint density at radius 2 is 1.68 bits per heavy atom. The largest absolute Gasteiger partial charge is 0.465 e. The number of benzene rings is 2. The van der Waals surface area contributed by atoms with E-state index in [-0.39, 0.29) is 5.97 Å². The topological polar surface area (TPSA) is 26.3 Å². The van der Waals surface area contributed by atoms with Crippen molar-refractivity contribution in [3.63, 3.8) is 0 Å². The summed E-state index contributed by atoms with van der Waals surface area (Å²) in [7, 11) is 0.0124. The molecule has 0 heterocycles. The third-order valence-corrected chi connectivity index (χ3v) is 3.96. The smallest absolute Gasteiger partial charge is 0.337 e. The highest BCUT2D eigenvalue weighted by Crippen LogP contribution is 2.21. The van der Waals surface area contributed by atoms with Crippen molar-refractivity contribution in [1.29, 1.82) is 0 Å². The molecule has 2 aromatic carbocycles. The molecule has 0 atom stereocenters. The Hall–Kier alpha value is -2.31. The monoisotopic (exact) mass is 308 g/mol. The molecule has 0 aliphatic heterocycles. The second-order valence-electron chi connectivity index (χ2n) is 6.15. The second-order valence-corrected chi connectivity index (χ2v) is 10.9. The van der Waals surface area contributed by atoms with E-state index in [0.717, 1.165) is 16.7 Å². The average Bonchev–Trinajstić information content (AvgIpc) is 2.52. The number of methoxy groups -OCH3 is 1. The van der Waals surface area contributed by atoms with Gasteiger partial charge in [-0.25, -0.2) is 4.79 Å². The maximum absolute atomic E-state index is 11.5. The molecular formula is C19H20O2Si. The van der Waals surface area contributed by atoms with Gasteiger partial charge in [0, 0.05) is 5.56 Å². The van der Waals surface area contributed by atoms with E-state index in [1.165, 1.54) is 7.11 Å². The van der Waals surface area contributed by atoms with Crippen molar-refractivity contribution in [3.05, 3.63) is 59.7 Å². The zero-order chi connectivity index (χ0) is 16.2. The van der Waals surface area contributed by atoms with Crippen molar-refractivity contribution < 1.29 is 9.53 Å². The van der Waals surface area contributed by atoms with Crippen LogP contribution in [0.25, 0.3) is 11.1 Å². The highest BCUT2D eigenvalue weighted by Gasteiger charge is 2.08. The first kappa shape index (κ1) is 16.1. The summed E-state index contributed by atoms with van der Waals surface area (Å²) in [6, 6.07) is 15.6. The van der Waals surface area contributed by atoms with E-state index in [0.29, 0.717) is 5.56 Å². The van der Waals surface area contributed by atoms with Crippen molar-refractivity contribution in [2.75, 3.05) is 7.11 Å². The summed E-state index contributed by atoms with van der Waals surface area (Å²) >= 11 is 0. The summed E-state index contributed by atoms with van der Waals surface area (Å²) in [6.45, 7) is 6.69. The van der Waals surface area contributed by atoms with Crippen molar-refractivity contribution in [2.45, 2.75) is 19.6 Å². The van der Waals surface area contributed by atoms with Gasteiger partial charge < -0.3 is 4.74 Å². The summed E-state index contributed by atoms with van der Waals surface area (Å²) in [5.74, 6) is 2.95. The van der Waals surface area contributed by atoms with Gasteiger partial charge in [-0.05, 0) is 35.4 Å². The standard InChI is InChI=1S/C19H20O2Si/c1-21-19(20)17-10-8-16(9-11-17)18-7-5-6-15(14-18)12-13-22(2,3)4/h5-11,14H,1-4H3. The molecule has 0 N–H and O–H groups in total. The molecule has 2 rings (SSSR count). The molecule has 3 heteroatoms. The Bertz CT molecular complexity index is 729. The second kappa shape index (κ2) is 6.63. The van der Waals surface area contributed by atoms with Gasteiger partial charge in [0.15, 0.2) is 0 Å². The van der Waals surface area contributed by atoms with Crippen LogP contribution in [0.3, 0.4) is 0 Å².